The summed E-state index contributed by atoms with van der Waals surface area (Å²) >= 11 is 0. The Morgan fingerprint density at radius 2 is 2.22 bits per heavy atom. The van der Waals surface area contributed by atoms with Crippen molar-refractivity contribution in [2.75, 3.05) is 11.4 Å². The molecule has 0 aliphatic carbocycles. The van der Waals surface area contributed by atoms with Gasteiger partial charge in [0, 0.05) is 17.6 Å². The van der Waals surface area contributed by atoms with Crippen LogP contribution in [0.1, 0.15) is 32.3 Å². The summed E-state index contributed by atoms with van der Waals surface area (Å²) in [7, 11) is 0. The van der Waals surface area contributed by atoms with Gasteiger partial charge in [-0.15, -0.1) is 0 Å². The first-order chi connectivity index (χ1) is 8.45. The number of nitrogens with two attached hydrogens (primary N) is 1. The maximum absolute atomic E-state index is 14.1. The van der Waals surface area contributed by atoms with Gasteiger partial charge < -0.3 is 15.8 Å². The van der Waals surface area contributed by atoms with Gasteiger partial charge in [-0.2, -0.15) is 0 Å². The van der Waals surface area contributed by atoms with E-state index < -0.39 is 0 Å². The lowest BCUT2D eigenvalue weighted by atomic mass is 10.0. The molecule has 0 saturated carbocycles. The van der Waals surface area contributed by atoms with Gasteiger partial charge in [0.05, 0.1) is 5.69 Å². The Hall–Kier alpha value is -1.78. The first-order valence-electron chi connectivity index (χ1n) is 6.01. The van der Waals surface area contributed by atoms with Crippen LogP contribution >= 0.6 is 0 Å². The van der Waals surface area contributed by atoms with E-state index in [1.54, 1.807) is 12.1 Å². The van der Waals surface area contributed by atoms with Crippen LogP contribution in [0.15, 0.2) is 23.4 Å². The normalized spacial score (nSPS) is 19.3. The second-order valence-corrected chi connectivity index (χ2v) is 5.22. The minimum absolute atomic E-state index is 0.0288. The molecule has 0 spiro atoms. The van der Waals surface area contributed by atoms with Gasteiger partial charge >= 0.3 is 0 Å². The molecule has 1 aliphatic rings. The van der Waals surface area contributed by atoms with Crippen molar-refractivity contribution in [2.24, 2.45) is 10.9 Å². The van der Waals surface area contributed by atoms with E-state index in [4.69, 9.17) is 10.9 Å². The molecule has 2 rings (SSSR count). The lowest BCUT2D eigenvalue weighted by Crippen LogP contribution is -2.38. The molecule has 98 valence electrons. The largest absolute Gasteiger partial charge is 0.409 e. The van der Waals surface area contributed by atoms with Crippen molar-refractivity contribution in [3.8, 4) is 0 Å². The summed E-state index contributed by atoms with van der Waals surface area (Å²) in [5, 5.41) is 11.4. The van der Waals surface area contributed by atoms with Crippen LogP contribution in [0.3, 0.4) is 0 Å². The van der Waals surface area contributed by atoms with E-state index in [0.717, 1.165) is 19.4 Å². The number of nitrogens with zero attached hydrogens (tertiary/aromatic N) is 2. The van der Waals surface area contributed by atoms with Crippen molar-refractivity contribution in [3.63, 3.8) is 0 Å². The van der Waals surface area contributed by atoms with Crippen LogP contribution in [-0.2, 0) is 0 Å². The molecule has 5 heteroatoms. The highest BCUT2D eigenvalue weighted by atomic mass is 19.1. The molecule has 1 fully saturated rings. The fraction of sp³-hybridized carbons (Fsp3) is 0.462. The SMILES string of the molecule is CC1(C)CCCN1c1ccc(C(N)=NO)cc1F. The Kier molecular flexibility index (Phi) is 3.15. The third-order valence-corrected chi connectivity index (χ3v) is 3.54. The van der Waals surface area contributed by atoms with Gasteiger partial charge in [0.2, 0.25) is 0 Å². The predicted octanol–water partition coefficient (Wildman–Crippen LogP) is 2.30. The van der Waals surface area contributed by atoms with E-state index in [2.05, 4.69) is 23.9 Å². The summed E-state index contributed by atoms with van der Waals surface area (Å²) in [6.45, 7) is 5.07. The molecule has 0 unspecified atom stereocenters. The molecule has 1 aromatic rings. The average Bonchev–Trinajstić information content (AvgIpc) is 2.68. The van der Waals surface area contributed by atoms with Crippen molar-refractivity contribution in [3.05, 3.63) is 29.6 Å². The number of anilines is 1. The molecule has 1 aliphatic heterocycles. The second-order valence-electron chi connectivity index (χ2n) is 5.22. The molecule has 18 heavy (non-hydrogen) atoms. The van der Waals surface area contributed by atoms with E-state index in [1.807, 2.05) is 0 Å². The Bertz CT molecular complexity index is 485. The van der Waals surface area contributed by atoms with Gasteiger partial charge in [-0.05, 0) is 44.9 Å². The highest BCUT2D eigenvalue weighted by Gasteiger charge is 2.33. The van der Waals surface area contributed by atoms with E-state index in [-0.39, 0.29) is 17.2 Å². The second kappa shape index (κ2) is 4.48. The zero-order valence-electron chi connectivity index (χ0n) is 10.7. The van der Waals surface area contributed by atoms with E-state index in [9.17, 15) is 4.39 Å². The molecule has 0 atom stereocenters. The molecule has 1 saturated heterocycles. The lowest BCUT2D eigenvalue weighted by molar-refractivity contribution is 0.318. The topological polar surface area (TPSA) is 61.8 Å². The maximum atomic E-state index is 14.1. The lowest BCUT2D eigenvalue weighted by Gasteiger charge is -2.34. The van der Waals surface area contributed by atoms with Crippen LogP contribution in [-0.4, -0.2) is 23.1 Å². The van der Waals surface area contributed by atoms with Gasteiger partial charge in [-0.3, -0.25) is 0 Å². The first kappa shape index (κ1) is 12.7. The monoisotopic (exact) mass is 251 g/mol. The summed E-state index contributed by atoms with van der Waals surface area (Å²) in [5.41, 5.74) is 6.37. The number of benzene rings is 1. The molecule has 4 nitrogen and oxygen atoms in total. The van der Waals surface area contributed by atoms with E-state index in [1.165, 1.54) is 6.07 Å². The first-order valence-corrected chi connectivity index (χ1v) is 6.01. The third kappa shape index (κ3) is 2.12. The third-order valence-electron chi connectivity index (χ3n) is 3.54. The number of rotatable bonds is 2. The Morgan fingerprint density at radius 1 is 1.50 bits per heavy atom. The molecule has 1 heterocycles. The summed E-state index contributed by atoms with van der Waals surface area (Å²) in [4.78, 5) is 2.07. The maximum Gasteiger partial charge on any atom is 0.170 e. The van der Waals surface area contributed by atoms with Crippen molar-refractivity contribution in [1.29, 1.82) is 0 Å². The van der Waals surface area contributed by atoms with Crippen LogP contribution in [0.2, 0.25) is 0 Å². The van der Waals surface area contributed by atoms with Gasteiger partial charge in [-0.1, -0.05) is 5.16 Å². The van der Waals surface area contributed by atoms with Gasteiger partial charge in [0.1, 0.15) is 5.82 Å². The Morgan fingerprint density at radius 3 is 2.72 bits per heavy atom. The van der Waals surface area contributed by atoms with Crippen molar-refractivity contribution >= 4 is 11.5 Å². The van der Waals surface area contributed by atoms with Crippen molar-refractivity contribution in [2.45, 2.75) is 32.2 Å². The van der Waals surface area contributed by atoms with Crippen LogP contribution in [0.25, 0.3) is 0 Å². The molecule has 3 N–H and O–H groups in total. The van der Waals surface area contributed by atoms with Gasteiger partial charge in [-0.25, -0.2) is 4.39 Å². The minimum atomic E-state index is -0.339. The molecule has 1 aromatic carbocycles. The number of hydrogen-bond donors (Lipinski definition) is 2. The van der Waals surface area contributed by atoms with Crippen LogP contribution < -0.4 is 10.6 Å². The molecule has 0 amide bonds. The molecular weight excluding hydrogens is 233 g/mol. The minimum Gasteiger partial charge on any atom is -0.409 e. The Balaban J connectivity index is 2.36. The Labute approximate surface area is 106 Å². The van der Waals surface area contributed by atoms with Crippen LogP contribution in [0.4, 0.5) is 10.1 Å². The zero-order valence-corrected chi connectivity index (χ0v) is 10.7. The smallest absolute Gasteiger partial charge is 0.170 e. The van der Waals surface area contributed by atoms with E-state index >= 15 is 0 Å². The molecule has 0 bridgehead atoms. The van der Waals surface area contributed by atoms with Crippen molar-refractivity contribution in [1.82, 2.24) is 0 Å². The summed E-state index contributed by atoms with van der Waals surface area (Å²) in [5.74, 6) is -0.421. The summed E-state index contributed by atoms with van der Waals surface area (Å²) in [6, 6.07) is 4.66. The number of halogens is 1. The fourth-order valence-corrected chi connectivity index (χ4v) is 2.50. The van der Waals surface area contributed by atoms with Crippen LogP contribution in [0, 0.1) is 5.82 Å². The number of amidine groups is 1. The zero-order chi connectivity index (χ0) is 13.3. The highest BCUT2D eigenvalue weighted by Crippen LogP contribution is 2.35. The standard InChI is InChI=1S/C13H18FN3O/c1-13(2)6-3-7-17(13)11-5-4-9(8-10(11)14)12(15)16-18/h4-5,8,18H,3,6-7H2,1-2H3,(H2,15,16). The molecular formula is C13H18FN3O. The number of hydrogen-bond acceptors (Lipinski definition) is 3. The van der Waals surface area contributed by atoms with E-state index in [0.29, 0.717) is 11.3 Å². The van der Waals surface area contributed by atoms with Crippen LogP contribution in [0.5, 0.6) is 0 Å². The van der Waals surface area contributed by atoms with Gasteiger partial charge in [0.25, 0.3) is 0 Å². The van der Waals surface area contributed by atoms with Crippen molar-refractivity contribution < 1.29 is 9.60 Å². The molecule has 0 radical (unpaired) electrons. The fourth-order valence-electron chi connectivity index (χ4n) is 2.50. The average molecular weight is 251 g/mol. The summed E-state index contributed by atoms with van der Waals surface area (Å²) in [6.07, 6.45) is 2.11. The van der Waals surface area contributed by atoms with Gasteiger partial charge in [0.15, 0.2) is 5.84 Å². The predicted molar refractivity (Wildman–Crippen MR) is 69.6 cm³/mol. The number of oxime groups is 1. The summed E-state index contributed by atoms with van der Waals surface area (Å²) < 4.78 is 14.1. The highest BCUT2D eigenvalue weighted by molar-refractivity contribution is 5.97. The quantitative estimate of drug-likeness (QED) is 0.367. The molecule has 0 aromatic heterocycles.